The molecule has 0 atom stereocenters. The molecular weight excluding hydrogens is 274 g/mol. The van der Waals surface area contributed by atoms with Crippen molar-refractivity contribution in [3.63, 3.8) is 0 Å². The van der Waals surface area contributed by atoms with Gasteiger partial charge in [0.15, 0.2) is 0 Å². The van der Waals surface area contributed by atoms with Crippen molar-refractivity contribution in [3.05, 3.63) is 28.0 Å². The summed E-state index contributed by atoms with van der Waals surface area (Å²) in [6.07, 6.45) is 4.02. The van der Waals surface area contributed by atoms with Crippen molar-refractivity contribution in [2.45, 2.75) is 24.6 Å². The first-order valence-electron chi connectivity index (χ1n) is 5.44. The fourth-order valence-corrected chi connectivity index (χ4v) is 3.65. The molecule has 0 unspecified atom stereocenters. The van der Waals surface area contributed by atoms with Gasteiger partial charge in [-0.05, 0) is 35.9 Å². The number of hydrogen-bond donors (Lipinski definition) is 2. The van der Waals surface area contributed by atoms with Crippen LogP contribution in [0, 0.1) is 0 Å². The van der Waals surface area contributed by atoms with Gasteiger partial charge in [-0.25, -0.2) is 17.9 Å². The number of carbonyl (C=O) groups is 1. The van der Waals surface area contributed by atoms with E-state index in [1.165, 1.54) is 17.4 Å². The van der Waals surface area contributed by atoms with Crippen molar-refractivity contribution in [1.82, 2.24) is 4.72 Å². The molecule has 0 spiro atoms. The molecule has 1 aliphatic carbocycles. The first kappa shape index (κ1) is 13.3. The Kier molecular flexibility index (Phi) is 3.84. The summed E-state index contributed by atoms with van der Waals surface area (Å²) in [5.41, 5.74) is 0.767. The maximum Gasteiger partial charge on any atom is 0.328 e. The van der Waals surface area contributed by atoms with E-state index in [0.29, 0.717) is 0 Å². The van der Waals surface area contributed by atoms with E-state index in [1.54, 1.807) is 11.4 Å². The highest BCUT2D eigenvalue weighted by atomic mass is 32.2. The highest BCUT2D eigenvalue weighted by Gasteiger charge is 2.35. The zero-order valence-corrected chi connectivity index (χ0v) is 11.1. The number of thiophene rings is 1. The number of nitrogens with one attached hydrogen (secondary N) is 1. The fourth-order valence-electron chi connectivity index (χ4n) is 1.41. The summed E-state index contributed by atoms with van der Waals surface area (Å²) in [5.74, 6) is -1.00. The minimum Gasteiger partial charge on any atom is -0.478 e. The predicted octanol–water partition coefficient (Wildman–Crippen LogP) is 1.43. The SMILES string of the molecule is O=C(O)C=Cc1csc(CNS(=O)(=O)C2CC2)c1. The lowest BCUT2D eigenvalue weighted by Crippen LogP contribution is -2.26. The van der Waals surface area contributed by atoms with E-state index in [2.05, 4.69) is 4.72 Å². The van der Waals surface area contributed by atoms with Gasteiger partial charge in [-0.3, -0.25) is 0 Å². The number of aliphatic carboxylic acids is 1. The molecule has 7 heteroatoms. The molecule has 0 amide bonds. The van der Waals surface area contributed by atoms with Gasteiger partial charge < -0.3 is 5.11 Å². The smallest absolute Gasteiger partial charge is 0.328 e. The van der Waals surface area contributed by atoms with E-state index < -0.39 is 16.0 Å². The summed E-state index contributed by atoms with van der Waals surface area (Å²) in [4.78, 5) is 11.2. The van der Waals surface area contributed by atoms with E-state index in [1.807, 2.05) is 0 Å². The van der Waals surface area contributed by atoms with Gasteiger partial charge in [0.25, 0.3) is 0 Å². The molecule has 0 radical (unpaired) electrons. The summed E-state index contributed by atoms with van der Waals surface area (Å²) in [7, 11) is -3.16. The predicted molar refractivity (Wildman–Crippen MR) is 69.8 cm³/mol. The zero-order chi connectivity index (χ0) is 13.2. The van der Waals surface area contributed by atoms with Crippen LogP contribution in [0.3, 0.4) is 0 Å². The van der Waals surface area contributed by atoms with E-state index in [4.69, 9.17) is 5.11 Å². The van der Waals surface area contributed by atoms with Crippen molar-refractivity contribution in [1.29, 1.82) is 0 Å². The van der Waals surface area contributed by atoms with Crippen LogP contribution in [0.5, 0.6) is 0 Å². The number of rotatable bonds is 6. The molecule has 1 fully saturated rings. The summed E-state index contributed by atoms with van der Waals surface area (Å²) in [6, 6.07) is 1.78. The Morgan fingerprint density at radius 2 is 2.28 bits per heavy atom. The monoisotopic (exact) mass is 287 g/mol. The Labute approximate surface area is 109 Å². The second-order valence-corrected chi connectivity index (χ2v) is 7.12. The van der Waals surface area contributed by atoms with Crippen molar-refractivity contribution in [2.24, 2.45) is 0 Å². The lowest BCUT2D eigenvalue weighted by molar-refractivity contribution is -0.131. The van der Waals surface area contributed by atoms with Crippen LogP contribution in [-0.4, -0.2) is 24.7 Å². The molecule has 1 aromatic rings. The highest BCUT2D eigenvalue weighted by molar-refractivity contribution is 7.90. The minimum atomic E-state index is -3.16. The second-order valence-electron chi connectivity index (χ2n) is 4.08. The summed E-state index contributed by atoms with van der Waals surface area (Å²) in [5, 5.41) is 10.1. The van der Waals surface area contributed by atoms with Gasteiger partial charge in [0.2, 0.25) is 10.0 Å². The number of carboxylic acid groups (broad SMARTS) is 1. The molecule has 5 nitrogen and oxygen atoms in total. The Bertz CT molecular complexity index is 570. The van der Waals surface area contributed by atoms with Gasteiger partial charge >= 0.3 is 5.97 Å². The van der Waals surface area contributed by atoms with E-state index >= 15 is 0 Å². The maximum atomic E-state index is 11.6. The first-order chi connectivity index (χ1) is 8.47. The van der Waals surface area contributed by atoms with Gasteiger partial charge in [0.1, 0.15) is 0 Å². The quantitative estimate of drug-likeness (QED) is 0.775. The van der Waals surface area contributed by atoms with Crippen LogP contribution < -0.4 is 4.72 Å². The minimum absolute atomic E-state index is 0.219. The molecule has 1 saturated carbocycles. The summed E-state index contributed by atoms with van der Waals surface area (Å²) < 4.78 is 25.7. The molecule has 1 aliphatic rings. The summed E-state index contributed by atoms with van der Waals surface area (Å²) in [6.45, 7) is 0.268. The normalized spacial score (nSPS) is 16.2. The third-order valence-corrected chi connectivity index (χ3v) is 5.35. The Morgan fingerprint density at radius 3 is 2.89 bits per heavy atom. The van der Waals surface area contributed by atoms with Crippen LogP contribution in [0.15, 0.2) is 17.5 Å². The first-order valence-corrected chi connectivity index (χ1v) is 7.87. The largest absolute Gasteiger partial charge is 0.478 e. The Hall–Kier alpha value is -1.18. The van der Waals surface area contributed by atoms with Crippen molar-refractivity contribution < 1.29 is 18.3 Å². The van der Waals surface area contributed by atoms with Crippen molar-refractivity contribution in [3.8, 4) is 0 Å². The van der Waals surface area contributed by atoms with Crippen LogP contribution in [-0.2, 0) is 21.4 Å². The number of carboxylic acids is 1. The molecule has 0 aliphatic heterocycles. The molecule has 0 bridgehead atoms. The van der Waals surface area contributed by atoms with Gasteiger partial charge in [-0.2, -0.15) is 0 Å². The van der Waals surface area contributed by atoms with E-state index in [0.717, 1.165) is 29.4 Å². The highest BCUT2D eigenvalue weighted by Crippen LogP contribution is 2.27. The molecule has 0 saturated heterocycles. The molecule has 1 aromatic heterocycles. The van der Waals surface area contributed by atoms with Crippen LogP contribution >= 0.6 is 11.3 Å². The lowest BCUT2D eigenvalue weighted by atomic mass is 10.3. The molecule has 98 valence electrons. The van der Waals surface area contributed by atoms with E-state index in [-0.39, 0.29) is 11.8 Å². The lowest BCUT2D eigenvalue weighted by Gasteiger charge is -2.02. The fraction of sp³-hybridized carbons (Fsp3) is 0.364. The Morgan fingerprint density at radius 1 is 1.56 bits per heavy atom. The average Bonchev–Trinajstić information content (AvgIpc) is 3.06. The van der Waals surface area contributed by atoms with Gasteiger partial charge in [0, 0.05) is 17.5 Å². The van der Waals surface area contributed by atoms with Crippen LogP contribution in [0.1, 0.15) is 23.3 Å². The molecule has 1 heterocycles. The average molecular weight is 287 g/mol. The number of sulfonamides is 1. The number of hydrogen-bond acceptors (Lipinski definition) is 4. The van der Waals surface area contributed by atoms with Gasteiger partial charge in [0.05, 0.1) is 5.25 Å². The maximum absolute atomic E-state index is 11.6. The standard InChI is InChI=1S/C11H13NO4S2/c13-11(14)4-1-8-5-9(17-7-8)6-12-18(15,16)10-2-3-10/h1,4-5,7,10,12H,2-3,6H2,(H,13,14). The van der Waals surface area contributed by atoms with Gasteiger partial charge in [-0.15, -0.1) is 11.3 Å². The van der Waals surface area contributed by atoms with Crippen molar-refractivity contribution in [2.75, 3.05) is 0 Å². The topological polar surface area (TPSA) is 83.5 Å². The van der Waals surface area contributed by atoms with Crippen molar-refractivity contribution >= 4 is 33.4 Å². The van der Waals surface area contributed by atoms with E-state index in [9.17, 15) is 13.2 Å². The zero-order valence-electron chi connectivity index (χ0n) is 9.50. The molecule has 0 aromatic carbocycles. The third kappa shape index (κ3) is 3.66. The van der Waals surface area contributed by atoms with Crippen LogP contribution in [0.25, 0.3) is 6.08 Å². The molecule has 2 rings (SSSR count). The van der Waals surface area contributed by atoms with Gasteiger partial charge in [-0.1, -0.05) is 0 Å². The second kappa shape index (κ2) is 5.21. The molecular formula is C11H13NO4S2. The third-order valence-electron chi connectivity index (χ3n) is 2.50. The van der Waals surface area contributed by atoms with Crippen LogP contribution in [0.4, 0.5) is 0 Å². The van der Waals surface area contributed by atoms with Crippen LogP contribution in [0.2, 0.25) is 0 Å². The summed E-state index contributed by atoms with van der Waals surface area (Å²) >= 11 is 1.40. The molecule has 18 heavy (non-hydrogen) atoms. The molecule has 2 N–H and O–H groups in total. The Balaban J connectivity index is 1.92.